The number of unbranched alkanes of at least 4 members (excludes halogenated alkanes) is 2. The van der Waals surface area contributed by atoms with Crippen molar-refractivity contribution in [3.05, 3.63) is 52.4 Å². The van der Waals surface area contributed by atoms with Gasteiger partial charge in [-0.15, -0.1) is 0 Å². The van der Waals surface area contributed by atoms with E-state index in [4.69, 9.17) is 27.0 Å². The Balaban J connectivity index is 1.66. The number of thiocarbonyl (C=S) groups is 1. The predicted molar refractivity (Wildman–Crippen MR) is 115 cm³/mol. The third-order valence-corrected chi connectivity index (χ3v) is 5.80. The molecule has 6 nitrogen and oxygen atoms in total. The van der Waals surface area contributed by atoms with Crippen LogP contribution in [-0.2, 0) is 9.59 Å². The number of carbonyl (C=O) groups excluding carboxylic acids is 1. The summed E-state index contributed by atoms with van der Waals surface area (Å²) in [5.41, 5.74) is 0.483. The Hall–Kier alpha value is -2.96. The number of carboxylic acid groups (broad SMARTS) is 1. The van der Waals surface area contributed by atoms with Gasteiger partial charge in [-0.05, 0) is 43.2 Å². The molecule has 1 amide bonds. The number of rotatable bonds is 8. The molecule has 1 aliphatic heterocycles. The van der Waals surface area contributed by atoms with Crippen LogP contribution < -0.4 is 0 Å². The molecule has 9 heteroatoms. The van der Waals surface area contributed by atoms with Gasteiger partial charge in [-0.3, -0.25) is 14.5 Å². The molecule has 3 rings (SSSR count). The lowest BCUT2D eigenvalue weighted by molar-refractivity contribution is -0.137. The first-order chi connectivity index (χ1) is 14.4. The molecule has 0 unspecified atom stereocenters. The Bertz CT molecular complexity index is 1070. The summed E-state index contributed by atoms with van der Waals surface area (Å²) >= 11 is 6.47. The minimum absolute atomic E-state index is 0.0744. The van der Waals surface area contributed by atoms with Crippen LogP contribution in [-0.4, -0.2) is 32.7 Å². The van der Waals surface area contributed by atoms with Gasteiger partial charge in [-0.25, -0.2) is 4.39 Å². The largest absolute Gasteiger partial charge is 0.481 e. The maximum Gasteiger partial charge on any atom is 0.303 e. The fourth-order valence-corrected chi connectivity index (χ4v) is 4.18. The minimum atomic E-state index is -0.828. The van der Waals surface area contributed by atoms with Gasteiger partial charge in [0.15, 0.2) is 0 Å². The lowest BCUT2D eigenvalue weighted by Crippen LogP contribution is -2.29. The molecule has 0 radical (unpaired) electrons. The van der Waals surface area contributed by atoms with Gasteiger partial charge < -0.3 is 9.52 Å². The minimum Gasteiger partial charge on any atom is -0.481 e. The van der Waals surface area contributed by atoms with Crippen LogP contribution in [0.4, 0.5) is 4.39 Å². The van der Waals surface area contributed by atoms with Crippen LogP contribution in [0.2, 0.25) is 0 Å². The van der Waals surface area contributed by atoms with Gasteiger partial charge in [0, 0.05) is 24.6 Å². The highest BCUT2D eigenvalue weighted by molar-refractivity contribution is 8.26. The normalized spacial score (nSPS) is 15.1. The van der Waals surface area contributed by atoms with Crippen molar-refractivity contribution in [2.45, 2.75) is 25.7 Å². The molecular formula is C21H17FN2O4S2. The van der Waals surface area contributed by atoms with Gasteiger partial charge in [0.25, 0.3) is 5.91 Å². The molecule has 154 valence electrons. The molecule has 0 spiro atoms. The van der Waals surface area contributed by atoms with E-state index in [-0.39, 0.29) is 17.9 Å². The molecular weight excluding hydrogens is 427 g/mol. The van der Waals surface area contributed by atoms with Gasteiger partial charge in [0.2, 0.25) is 0 Å². The summed E-state index contributed by atoms with van der Waals surface area (Å²) in [5, 5.41) is 17.6. The Morgan fingerprint density at radius 3 is 2.83 bits per heavy atom. The van der Waals surface area contributed by atoms with Crippen molar-refractivity contribution in [1.29, 1.82) is 5.26 Å². The topological polar surface area (TPSA) is 94.5 Å². The molecule has 2 aromatic rings. The Morgan fingerprint density at radius 2 is 2.10 bits per heavy atom. The highest BCUT2D eigenvalue weighted by Gasteiger charge is 2.31. The van der Waals surface area contributed by atoms with E-state index in [1.807, 2.05) is 0 Å². The first kappa shape index (κ1) is 21.7. The van der Waals surface area contributed by atoms with Crippen LogP contribution >= 0.6 is 24.0 Å². The molecule has 30 heavy (non-hydrogen) atoms. The van der Waals surface area contributed by atoms with Crippen molar-refractivity contribution in [1.82, 2.24) is 4.90 Å². The highest BCUT2D eigenvalue weighted by Crippen LogP contribution is 2.34. The SMILES string of the molecule is N#Cc1cc(-c2ccc(/C=C3\SC(=S)N(CCCCCC(=O)O)C3=O)o2)ccc1F. The van der Waals surface area contributed by atoms with Crippen LogP contribution in [0.3, 0.4) is 0 Å². The van der Waals surface area contributed by atoms with Gasteiger partial charge in [0.05, 0.1) is 10.5 Å². The average Bonchev–Trinajstić information content (AvgIpc) is 3.27. The lowest BCUT2D eigenvalue weighted by atomic mass is 10.1. The number of nitrogens with zero attached hydrogens (tertiary/aromatic N) is 2. The monoisotopic (exact) mass is 444 g/mol. The summed E-state index contributed by atoms with van der Waals surface area (Å²) in [6, 6.07) is 9.29. The predicted octanol–water partition coefficient (Wildman–Crippen LogP) is 4.80. The molecule has 0 bridgehead atoms. The third kappa shape index (κ3) is 5.14. The van der Waals surface area contributed by atoms with Crippen molar-refractivity contribution in [2.24, 2.45) is 0 Å². The highest BCUT2D eigenvalue weighted by atomic mass is 32.2. The number of carbonyl (C=O) groups is 2. The molecule has 1 aromatic carbocycles. The second-order valence-corrected chi connectivity index (χ2v) is 8.22. The number of aliphatic carboxylic acids is 1. The Morgan fingerprint density at radius 1 is 1.30 bits per heavy atom. The summed E-state index contributed by atoms with van der Waals surface area (Å²) in [5.74, 6) is -0.748. The molecule has 2 heterocycles. The first-order valence-electron chi connectivity index (χ1n) is 9.16. The van der Waals surface area contributed by atoms with E-state index in [9.17, 15) is 14.0 Å². The second kappa shape index (κ2) is 9.69. The molecule has 1 aromatic heterocycles. The number of hydrogen-bond donors (Lipinski definition) is 1. The Kier molecular flexibility index (Phi) is 7.03. The summed E-state index contributed by atoms with van der Waals surface area (Å²) < 4.78 is 19.7. The number of amides is 1. The standard InChI is InChI=1S/C21H17FN2O4S2/c22-16-7-5-13(10-14(16)12-23)17-8-6-15(28-17)11-18-20(27)24(21(29)30-18)9-3-1-2-4-19(25)26/h5-8,10-11H,1-4,9H2,(H,25,26)/b18-11-. The fourth-order valence-electron chi connectivity index (χ4n) is 2.89. The molecule has 0 aliphatic carbocycles. The van der Waals surface area contributed by atoms with Crippen LogP contribution in [0.25, 0.3) is 17.4 Å². The zero-order valence-corrected chi connectivity index (χ0v) is 17.4. The van der Waals surface area contributed by atoms with Gasteiger partial charge in [-0.2, -0.15) is 5.26 Å². The number of hydrogen-bond acceptors (Lipinski definition) is 6. The van der Waals surface area contributed by atoms with Crippen LogP contribution in [0.5, 0.6) is 0 Å². The van der Waals surface area contributed by atoms with E-state index in [0.717, 1.165) is 0 Å². The van der Waals surface area contributed by atoms with E-state index in [1.165, 1.54) is 34.9 Å². The number of furan rings is 1. The smallest absolute Gasteiger partial charge is 0.303 e. The molecule has 0 atom stereocenters. The van der Waals surface area contributed by atoms with E-state index < -0.39 is 11.8 Å². The van der Waals surface area contributed by atoms with E-state index in [1.54, 1.807) is 24.3 Å². The van der Waals surface area contributed by atoms with Crippen molar-refractivity contribution in [3.63, 3.8) is 0 Å². The maximum atomic E-state index is 13.5. The zero-order chi connectivity index (χ0) is 21.7. The summed E-state index contributed by atoms with van der Waals surface area (Å²) in [7, 11) is 0. The molecule has 0 saturated carbocycles. The first-order valence-corrected chi connectivity index (χ1v) is 10.4. The summed E-state index contributed by atoms with van der Waals surface area (Å²) in [4.78, 5) is 25.1. The van der Waals surface area contributed by atoms with Crippen LogP contribution in [0.1, 0.15) is 37.0 Å². The number of benzene rings is 1. The van der Waals surface area contributed by atoms with E-state index in [0.29, 0.717) is 52.1 Å². The number of carboxylic acids is 1. The Labute approximate surface area is 182 Å². The van der Waals surface area contributed by atoms with Gasteiger partial charge in [-0.1, -0.05) is 30.4 Å². The van der Waals surface area contributed by atoms with Crippen LogP contribution in [0.15, 0.2) is 39.7 Å². The maximum absolute atomic E-state index is 13.5. The van der Waals surface area contributed by atoms with Gasteiger partial charge in [0.1, 0.15) is 27.7 Å². The molecule has 1 aliphatic rings. The molecule has 1 saturated heterocycles. The van der Waals surface area contributed by atoms with E-state index in [2.05, 4.69) is 0 Å². The average molecular weight is 445 g/mol. The fraction of sp³-hybridized carbons (Fsp3) is 0.238. The van der Waals surface area contributed by atoms with Crippen LogP contribution in [0, 0.1) is 17.1 Å². The zero-order valence-electron chi connectivity index (χ0n) is 15.8. The van der Waals surface area contributed by atoms with E-state index >= 15 is 0 Å². The third-order valence-electron chi connectivity index (χ3n) is 4.42. The van der Waals surface area contributed by atoms with Crippen molar-refractivity contribution < 1.29 is 23.5 Å². The van der Waals surface area contributed by atoms with Crippen molar-refractivity contribution >= 4 is 46.3 Å². The van der Waals surface area contributed by atoms with Crippen molar-refractivity contribution in [2.75, 3.05) is 6.54 Å². The summed E-state index contributed by atoms with van der Waals surface area (Å²) in [6.07, 6.45) is 3.65. The van der Waals surface area contributed by atoms with Gasteiger partial charge >= 0.3 is 5.97 Å². The number of thioether (sulfide) groups is 1. The molecule has 1 fully saturated rings. The van der Waals surface area contributed by atoms with Crippen molar-refractivity contribution in [3.8, 4) is 17.4 Å². The summed E-state index contributed by atoms with van der Waals surface area (Å²) in [6.45, 7) is 0.442. The number of halogens is 1. The second-order valence-electron chi connectivity index (χ2n) is 6.55. The molecule has 1 N–H and O–H groups in total. The quantitative estimate of drug-likeness (QED) is 0.355. The number of nitriles is 1. The lowest BCUT2D eigenvalue weighted by Gasteiger charge is -2.13.